The Balaban J connectivity index is 1.88. The highest BCUT2D eigenvalue weighted by atomic mass is 32.1. The van der Waals surface area contributed by atoms with Crippen molar-refractivity contribution >= 4 is 23.5 Å². The third kappa shape index (κ3) is 3.12. The fourth-order valence-corrected chi connectivity index (χ4v) is 2.86. The van der Waals surface area contributed by atoms with Crippen LogP contribution in [-0.4, -0.2) is 4.98 Å². The van der Waals surface area contributed by atoms with Crippen LogP contribution in [0, 0.1) is 18.6 Å². The van der Waals surface area contributed by atoms with Gasteiger partial charge in [-0.1, -0.05) is 42.0 Å². The number of hydrogen-bond acceptors (Lipinski definition) is 2. The van der Waals surface area contributed by atoms with E-state index in [2.05, 4.69) is 11.1 Å². The van der Waals surface area contributed by atoms with Gasteiger partial charge in [0.1, 0.15) is 16.6 Å². The Morgan fingerprint density at radius 2 is 1.73 bits per heavy atom. The van der Waals surface area contributed by atoms with Gasteiger partial charge in [0.05, 0.1) is 11.3 Å². The Morgan fingerprint density at radius 3 is 2.45 bits per heavy atom. The van der Waals surface area contributed by atoms with Gasteiger partial charge in [-0.25, -0.2) is 13.8 Å². The van der Waals surface area contributed by atoms with Crippen LogP contribution in [-0.2, 0) is 0 Å². The van der Waals surface area contributed by atoms with E-state index in [1.807, 2.05) is 37.3 Å². The molecular weight excluding hydrogens is 300 g/mol. The highest BCUT2D eigenvalue weighted by molar-refractivity contribution is 7.10. The highest BCUT2D eigenvalue weighted by Gasteiger charge is 2.13. The summed E-state index contributed by atoms with van der Waals surface area (Å²) in [6.07, 6.45) is 3.79. The van der Waals surface area contributed by atoms with Gasteiger partial charge < -0.3 is 0 Å². The van der Waals surface area contributed by atoms with E-state index >= 15 is 0 Å². The molecule has 0 aliphatic rings. The van der Waals surface area contributed by atoms with Crippen LogP contribution in [0.1, 0.15) is 16.1 Å². The van der Waals surface area contributed by atoms with Gasteiger partial charge in [-0.2, -0.15) is 0 Å². The van der Waals surface area contributed by atoms with Crippen LogP contribution in [0.15, 0.2) is 47.8 Å². The lowest BCUT2D eigenvalue weighted by Gasteiger charge is -2.00. The molecule has 0 fully saturated rings. The fourth-order valence-electron chi connectivity index (χ4n) is 2.16. The maximum Gasteiger partial charge on any atom is 0.135 e. The van der Waals surface area contributed by atoms with Gasteiger partial charge in [0.15, 0.2) is 0 Å². The number of aromatic nitrogens is 1. The van der Waals surface area contributed by atoms with Gasteiger partial charge in [-0.05, 0) is 30.7 Å². The van der Waals surface area contributed by atoms with Gasteiger partial charge in [-0.3, -0.25) is 0 Å². The van der Waals surface area contributed by atoms with E-state index in [9.17, 15) is 8.78 Å². The molecule has 0 radical (unpaired) electrons. The molecule has 0 aliphatic heterocycles. The normalized spacial score (nSPS) is 11.2. The summed E-state index contributed by atoms with van der Waals surface area (Å²) in [4.78, 5) is 4.29. The topological polar surface area (TPSA) is 12.9 Å². The van der Waals surface area contributed by atoms with Crippen molar-refractivity contribution in [2.75, 3.05) is 0 Å². The second-order valence-electron chi connectivity index (χ2n) is 4.92. The minimum atomic E-state index is -0.598. The van der Waals surface area contributed by atoms with Crippen LogP contribution in [0.2, 0.25) is 0 Å². The summed E-state index contributed by atoms with van der Waals surface area (Å²) in [6.45, 7) is 2.03. The lowest BCUT2D eigenvalue weighted by Crippen LogP contribution is -1.89. The van der Waals surface area contributed by atoms with Gasteiger partial charge in [0.2, 0.25) is 0 Å². The molecule has 1 aromatic heterocycles. The van der Waals surface area contributed by atoms with Crippen molar-refractivity contribution in [3.63, 3.8) is 0 Å². The third-order valence-electron chi connectivity index (χ3n) is 3.20. The van der Waals surface area contributed by atoms with Crippen LogP contribution in [0.3, 0.4) is 0 Å². The van der Waals surface area contributed by atoms with Crippen LogP contribution in [0.4, 0.5) is 8.78 Å². The molecule has 22 heavy (non-hydrogen) atoms. The van der Waals surface area contributed by atoms with Crippen molar-refractivity contribution in [3.8, 4) is 11.3 Å². The molecular formula is C18H13F2NS. The lowest BCUT2D eigenvalue weighted by atomic mass is 10.1. The number of rotatable bonds is 3. The van der Waals surface area contributed by atoms with Crippen molar-refractivity contribution in [2.45, 2.75) is 6.92 Å². The molecule has 0 amide bonds. The Labute approximate surface area is 131 Å². The smallest absolute Gasteiger partial charge is 0.135 e. The van der Waals surface area contributed by atoms with E-state index in [0.29, 0.717) is 10.7 Å². The number of aryl methyl sites for hydroxylation is 1. The van der Waals surface area contributed by atoms with E-state index < -0.39 is 11.6 Å². The Bertz CT molecular complexity index is 816. The molecule has 0 saturated heterocycles. The standard InChI is InChI=1S/C18H13F2NS/c1-12-4-2-5-13(10-12)8-9-17-21-16(11-22-17)18-14(19)6-3-7-15(18)20/h2-11H,1H3/b9-8+. The summed E-state index contributed by atoms with van der Waals surface area (Å²) in [5.74, 6) is -1.20. The maximum absolute atomic E-state index is 13.7. The van der Waals surface area contributed by atoms with Gasteiger partial charge in [0.25, 0.3) is 0 Å². The van der Waals surface area contributed by atoms with Crippen LogP contribution >= 0.6 is 11.3 Å². The number of benzene rings is 2. The quantitative estimate of drug-likeness (QED) is 0.616. The molecule has 3 aromatic rings. The van der Waals surface area contributed by atoms with E-state index in [4.69, 9.17) is 0 Å². The minimum Gasteiger partial charge on any atom is -0.236 e. The highest BCUT2D eigenvalue weighted by Crippen LogP contribution is 2.27. The summed E-state index contributed by atoms with van der Waals surface area (Å²) in [7, 11) is 0. The van der Waals surface area contributed by atoms with Crippen molar-refractivity contribution in [1.29, 1.82) is 0 Å². The first-order chi connectivity index (χ1) is 10.6. The predicted molar refractivity (Wildman–Crippen MR) is 87.6 cm³/mol. The van der Waals surface area contributed by atoms with Crippen molar-refractivity contribution in [1.82, 2.24) is 4.98 Å². The zero-order valence-electron chi connectivity index (χ0n) is 11.9. The summed E-state index contributed by atoms with van der Waals surface area (Å²) >= 11 is 1.35. The van der Waals surface area contributed by atoms with Crippen molar-refractivity contribution < 1.29 is 8.78 Å². The first-order valence-corrected chi connectivity index (χ1v) is 7.66. The number of halogens is 2. The van der Waals surface area contributed by atoms with E-state index in [1.165, 1.54) is 35.1 Å². The van der Waals surface area contributed by atoms with Crippen LogP contribution < -0.4 is 0 Å². The fraction of sp³-hybridized carbons (Fsp3) is 0.0556. The molecule has 0 aliphatic carbocycles. The van der Waals surface area contributed by atoms with E-state index in [0.717, 1.165) is 5.56 Å². The zero-order chi connectivity index (χ0) is 15.5. The first kappa shape index (κ1) is 14.6. The molecule has 0 unspecified atom stereocenters. The molecule has 3 rings (SSSR count). The third-order valence-corrected chi connectivity index (χ3v) is 4.01. The SMILES string of the molecule is Cc1cccc(/C=C/c2nc(-c3c(F)cccc3F)cs2)c1. The predicted octanol–water partition coefficient (Wildman–Crippen LogP) is 5.57. The monoisotopic (exact) mass is 313 g/mol. The Morgan fingerprint density at radius 1 is 1.00 bits per heavy atom. The summed E-state index contributed by atoms with van der Waals surface area (Å²) in [5.41, 5.74) is 2.49. The zero-order valence-corrected chi connectivity index (χ0v) is 12.7. The molecule has 0 N–H and O–H groups in total. The minimum absolute atomic E-state index is 0.0750. The van der Waals surface area contributed by atoms with Gasteiger partial charge in [0, 0.05) is 5.38 Å². The summed E-state index contributed by atoms with van der Waals surface area (Å²) in [5, 5.41) is 2.37. The van der Waals surface area contributed by atoms with Crippen molar-refractivity contribution in [2.24, 2.45) is 0 Å². The van der Waals surface area contributed by atoms with Gasteiger partial charge >= 0.3 is 0 Å². The molecule has 1 nitrogen and oxygen atoms in total. The summed E-state index contributed by atoms with van der Waals surface area (Å²) < 4.78 is 27.5. The number of hydrogen-bond donors (Lipinski definition) is 0. The first-order valence-electron chi connectivity index (χ1n) is 6.78. The Hall–Kier alpha value is -2.33. The second kappa shape index (κ2) is 6.20. The maximum atomic E-state index is 13.7. The second-order valence-corrected chi connectivity index (χ2v) is 5.80. The molecule has 0 saturated carbocycles. The largest absolute Gasteiger partial charge is 0.236 e. The summed E-state index contributed by atoms with van der Waals surface area (Å²) in [6, 6.07) is 11.9. The molecule has 0 atom stereocenters. The molecule has 1 heterocycles. The van der Waals surface area contributed by atoms with E-state index in [1.54, 1.807) is 5.38 Å². The number of nitrogens with zero attached hydrogens (tertiary/aromatic N) is 1. The average molecular weight is 313 g/mol. The molecule has 0 spiro atoms. The lowest BCUT2D eigenvalue weighted by molar-refractivity contribution is 0.589. The molecule has 0 bridgehead atoms. The average Bonchev–Trinajstić information content (AvgIpc) is 2.94. The van der Waals surface area contributed by atoms with Gasteiger partial charge in [-0.15, -0.1) is 11.3 Å². The Kier molecular flexibility index (Phi) is 4.11. The molecule has 110 valence electrons. The van der Waals surface area contributed by atoms with Crippen LogP contribution in [0.5, 0.6) is 0 Å². The molecule has 4 heteroatoms. The molecule has 2 aromatic carbocycles. The van der Waals surface area contributed by atoms with E-state index in [-0.39, 0.29) is 5.56 Å². The van der Waals surface area contributed by atoms with Crippen molar-refractivity contribution in [3.05, 3.63) is 75.6 Å². The number of thiazole rings is 1. The van der Waals surface area contributed by atoms with Crippen LogP contribution in [0.25, 0.3) is 23.4 Å².